The molecule has 0 bridgehead atoms. The number of carbonyl (C=O) groups is 1. The monoisotopic (exact) mass is 322 g/mol. The molecule has 0 fully saturated rings. The second kappa shape index (κ2) is 10.1. The SMILES string of the molecule is CCCCC#Cc1ccccc1C(=O)OC/C=C/Cc1ccco1. The summed E-state index contributed by atoms with van der Waals surface area (Å²) >= 11 is 0. The van der Waals surface area contributed by atoms with Crippen molar-refractivity contribution in [1.82, 2.24) is 0 Å². The molecule has 0 unspecified atom stereocenters. The fraction of sp³-hybridized carbons (Fsp3) is 0.286. The fourth-order valence-electron chi connectivity index (χ4n) is 2.09. The van der Waals surface area contributed by atoms with Crippen LogP contribution >= 0.6 is 0 Å². The summed E-state index contributed by atoms with van der Waals surface area (Å²) in [6.45, 7) is 2.36. The van der Waals surface area contributed by atoms with E-state index in [1.54, 1.807) is 12.3 Å². The Labute approximate surface area is 143 Å². The smallest absolute Gasteiger partial charge is 0.339 e. The van der Waals surface area contributed by atoms with Gasteiger partial charge in [-0.1, -0.05) is 49.5 Å². The predicted molar refractivity (Wildman–Crippen MR) is 94.7 cm³/mol. The van der Waals surface area contributed by atoms with Crippen molar-refractivity contribution in [2.24, 2.45) is 0 Å². The van der Waals surface area contributed by atoms with Gasteiger partial charge in [-0.05, 0) is 30.7 Å². The Bertz CT molecular complexity index is 715. The number of rotatable bonds is 7. The first-order chi connectivity index (χ1) is 11.8. The van der Waals surface area contributed by atoms with Crippen LogP contribution in [0.2, 0.25) is 0 Å². The molecule has 0 aliphatic heterocycles. The highest BCUT2D eigenvalue weighted by Gasteiger charge is 2.10. The van der Waals surface area contributed by atoms with Gasteiger partial charge in [-0.2, -0.15) is 0 Å². The number of esters is 1. The standard InChI is InChI=1S/C21H22O3/c1-2-3-4-5-11-18-12-6-7-15-20(18)21(22)24-16-9-8-13-19-14-10-17-23-19/h6-10,12,14-15,17H,2-4,13,16H2,1H3/b9-8+. The van der Waals surface area contributed by atoms with Crippen LogP contribution in [0.1, 0.15) is 47.9 Å². The molecular formula is C21H22O3. The van der Waals surface area contributed by atoms with Gasteiger partial charge in [-0.15, -0.1) is 0 Å². The van der Waals surface area contributed by atoms with E-state index < -0.39 is 0 Å². The number of carbonyl (C=O) groups excluding carboxylic acids is 1. The number of benzene rings is 1. The van der Waals surface area contributed by atoms with Gasteiger partial charge in [0.05, 0.1) is 11.8 Å². The average Bonchev–Trinajstić information content (AvgIpc) is 3.12. The average molecular weight is 322 g/mol. The molecule has 0 saturated carbocycles. The van der Waals surface area contributed by atoms with E-state index in [-0.39, 0.29) is 12.6 Å². The maximum atomic E-state index is 12.2. The molecule has 2 aromatic rings. The molecular weight excluding hydrogens is 300 g/mol. The van der Waals surface area contributed by atoms with Crippen LogP contribution in [0.5, 0.6) is 0 Å². The fourth-order valence-corrected chi connectivity index (χ4v) is 2.09. The summed E-state index contributed by atoms with van der Waals surface area (Å²) in [5, 5.41) is 0. The zero-order valence-corrected chi connectivity index (χ0v) is 14.0. The van der Waals surface area contributed by atoms with Gasteiger partial charge >= 0.3 is 5.97 Å². The maximum Gasteiger partial charge on any atom is 0.339 e. The molecule has 1 heterocycles. The second-order valence-electron chi connectivity index (χ2n) is 5.30. The van der Waals surface area contributed by atoms with Crippen molar-refractivity contribution in [3.8, 4) is 11.8 Å². The number of hydrogen-bond acceptors (Lipinski definition) is 3. The molecule has 2 rings (SSSR count). The van der Waals surface area contributed by atoms with Crippen molar-refractivity contribution in [3.63, 3.8) is 0 Å². The Morgan fingerprint density at radius 1 is 1.21 bits per heavy atom. The van der Waals surface area contributed by atoms with E-state index in [9.17, 15) is 4.79 Å². The third-order valence-corrected chi connectivity index (χ3v) is 3.40. The molecule has 0 N–H and O–H groups in total. The molecule has 1 aromatic heterocycles. The molecule has 0 amide bonds. The Morgan fingerprint density at radius 2 is 2.08 bits per heavy atom. The summed E-state index contributed by atoms with van der Waals surface area (Å²) in [5.74, 6) is 6.71. The molecule has 24 heavy (non-hydrogen) atoms. The van der Waals surface area contributed by atoms with Gasteiger partial charge in [-0.25, -0.2) is 4.79 Å². The van der Waals surface area contributed by atoms with E-state index >= 15 is 0 Å². The lowest BCUT2D eigenvalue weighted by Crippen LogP contribution is -2.07. The lowest BCUT2D eigenvalue weighted by molar-refractivity contribution is 0.0549. The summed E-state index contributed by atoms with van der Waals surface area (Å²) in [4.78, 5) is 12.2. The van der Waals surface area contributed by atoms with Crippen LogP contribution in [0.15, 0.2) is 59.2 Å². The van der Waals surface area contributed by atoms with Crippen LogP contribution in [0.3, 0.4) is 0 Å². The van der Waals surface area contributed by atoms with Crippen LogP contribution < -0.4 is 0 Å². The topological polar surface area (TPSA) is 39.4 Å². The molecule has 0 atom stereocenters. The normalized spacial score (nSPS) is 10.4. The molecule has 3 nitrogen and oxygen atoms in total. The van der Waals surface area contributed by atoms with E-state index in [1.165, 1.54) is 0 Å². The van der Waals surface area contributed by atoms with Crippen LogP contribution in [-0.4, -0.2) is 12.6 Å². The highest BCUT2D eigenvalue weighted by Crippen LogP contribution is 2.09. The molecule has 0 aliphatic carbocycles. The van der Waals surface area contributed by atoms with Gasteiger partial charge in [0.25, 0.3) is 0 Å². The number of ether oxygens (including phenoxy) is 1. The molecule has 0 aliphatic rings. The number of furan rings is 1. The van der Waals surface area contributed by atoms with Gasteiger partial charge in [0.15, 0.2) is 0 Å². The number of unbranched alkanes of at least 4 members (excludes halogenated alkanes) is 2. The van der Waals surface area contributed by atoms with E-state index in [4.69, 9.17) is 9.15 Å². The minimum Gasteiger partial charge on any atom is -0.469 e. The molecule has 1 aromatic carbocycles. The Morgan fingerprint density at radius 3 is 2.88 bits per heavy atom. The lowest BCUT2D eigenvalue weighted by Gasteiger charge is -2.04. The number of hydrogen-bond donors (Lipinski definition) is 0. The Kier molecular flexibility index (Phi) is 7.43. The lowest BCUT2D eigenvalue weighted by atomic mass is 10.1. The highest BCUT2D eigenvalue weighted by atomic mass is 16.5. The van der Waals surface area contributed by atoms with Gasteiger partial charge in [0.2, 0.25) is 0 Å². The predicted octanol–water partition coefficient (Wildman–Crippen LogP) is 4.78. The number of allylic oxidation sites excluding steroid dienone is 1. The summed E-state index contributed by atoms with van der Waals surface area (Å²) in [5.41, 5.74) is 1.24. The molecule has 0 spiro atoms. The zero-order chi connectivity index (χ0) is 17.0. The van der Waals surface area contributed by atoms with Crippen molar-refractivity contribution in [2.45, 2.75) is 32.6 Å². The van der Waals surface area contributed by atoms with E-state index in [2.05, 4.69) is 18.8 Å². The van der Waals surface area contributed by atoms with Gasteiger partial charge in [-0.3, -0.25) is 0 Å². The van der Waals surface area contributed by atoms with Crippen molar-refractivity contribution in [2.75, 3.05) is 6.61 Å². The third kappa shape index (κ3) is 5.81. The first-order valence-electron chi connectivity index (χ1n) is 8.23. The Balaban J connectivity index is 1.87. The summed E-state index contributed by atoms with van der Waals surface area (Å²) < 4.78 is 10.5. The molecule has 0 saturated heterocycles. The largest absolute Gasteiger partial charge is 0.469 e. The van der Waals surface area contributed by atoms with Gasteiger partial charge in [0.1, 0.15) is 12.4 Å². The molecule has 3 heteroatoms. The van der Waals surface area contributed by atoms with Crippen molar-refractivity contribution >= 4 is 5.97 Å². The highest BCUT2D eigenvalue weighted by molar-refractivity contribution is 5.92. The second-order valence-corrected chi connectivity index (χ2v) is 5.30. The van der Waals surface area contributed by atoms with E-state index in [0.717, 1.165) is 30.6 Å². The van der Waals surface area contributed by atoms with E-state index in [0.29, 0.717) is 12.0 Å². The summed E-state index contributed by atoms with van der Waals surface area (Å²) in [7, 11) is 0. The van der Waals surface area contributed by atoms with Crippen molar-refractivity contribution in [3.05, 3.63) is 71.7 Å². The van der Waals surface area contributed by atoms with Crippen LogP contribution in [-0.2, 0) is 11.2 Å². The van der Waals surface area contributed by atoms with Crippen molar-refractivity contribution in [1.29, 1.82) is 0 Å². The van der Waals surface area contributed by atoms with E-state index in [1.807, 2.05) is 42.5 Å². The minimum absolute atomic E-state index is 0.233. The third-order valence-electron chi connectivity index (χ3n) is 3.40. The maximum absolute atomic E-state index is 12.2. The van der Waals surface area contributed by atoms with Crippen LogP contribution in [0.25, 0.3) is 0 Å². The van der Waals surface area contributed by atoms with Crippen molar-refractivity contribution < 1.29 is 13.9 Å². The Hall–Kier alpha value is -2.73. The van der Waals surface area contributed by atoms with Gasteiger partial charge < -0.3 is 9.15 Å². The zero-order valence-electron chi connectivity index (χ0n) is 14.0. The first kappa shape index (κ1) is 17.6. The minimum atomic E-state index is -0.349. The molecule has 124 valence electrons. The van der Waals surface area contributed by atoms with Crippen LogP contribution in [0, 0.1) is 11.8 Å². The molecule has 0 radical (unpaired) electrons. The summed E-state index contributed by atoms with van der Waals surface area (Å²) in [6, 6.07) is 11.1. The quantitative estimate of drug-likeness (QED) is 0.319. The van der Waals surface area contributed by atoms with Gasteiger partial charge in [0, 0.05) is 18.4 Å². The van der Waals surface area contributed by atoms with Crippen LogP contribution in [0.4, 0.5) is 0 Å². The summed E-state index contributed by atoms with van der Waals surface area (Å²) in [6.07, 6.45) is 9.09. The first-order valence-corrected chi connectivity index (χ1v) is 8.23.